The number of ether oxygens (including phenoxy) is 1. The summed E-state index contributed by atoms with van der Waals surface area (Å²) in [6.45, 7) is 3.52. The monoisotopic (exact) mass is 410 g/mol. The van der Waals surface area contributed by atoms with Crippen molar-refractivity contribution in [3.8, 4) is 11.1 Å². The molecule has 1 aliphatic carbocycles. The summed E-state index contributed by atoms with van der Waals surface area (Å²) in [4.78, 5) is 35.4. The maximum Gasteiger partial charge on any atom is 0.407 e. The number of hydrogen-bond acceptors (Lipinski definition) is 4. The van der Waals surface area contributed by atoms with E-state index in [0.717, 1.165) is 22.3 Å². The minimum absolute atomic E-state index is 0.0624. The lowest BCUT2D eigenvalue weighted by Crippen LogP contribution is -2.49. The molecule has 0 radical (unpaired) electrons. The molecule has 30 heavy (non-hydrogen) atoms. The van der Waals surface area contributed by atoms with Crippen molar-refractivity contribution in [3.05, 3.63) is 59.7 Å². The second kappa shape index (κ2) is 9.43. The highest BCUT2D eigenvalue weighted by atomic mass is 16.5. The Bertz CT molecular complexity index is 897. The molecule has 0 unspecified atom stereocenters. The summed E-state index contributed by atoms with van der Waals surface area (Å²) in [5.41, 5.74) is 4.50. The molecule has 0 saturated carbocycles. The summed E-state index contributed by atoms with van der Waals surface area (Å²) in [6.07, 6.45) is -0.507. The molecule has 0 heterocycles. The first-order valence-electron chi connectivity index (χ1n) is 10.0. The van der Waals surface area contributed by atoms with Crippen molar-refractivity contribution in [3.63, 3.8) is 0 Å². The highest BCUT2D eigenvalue weighted by Crippen LogP contribution is 2.44. The van der Waals surface area contributed by atoms with E-state index in [1.165, 1.54) is 0 Å². The molecule has 0 fully saturated rings. The Hall–Kier alpha value is -3.35. The van der Waals surface area contributed by atoms with Gasteiger partial charge in [-0.3, -0.25) is 9.59 Å². The smallest absolute Gasteiger partial charge is 0.407 e. The van der Waals surface area contributed by atoms with Gasteiger partial charge in [-0.15, -0.1) is 0 Å². The Labute approximate surface area is 175 Å². The Morgan fingerprint density at radius 1 is 1.00 bits per heavy atom. The van der Waals surface area contributed by atoms with E-state index in [9.17, 15) is 14.4 Å². The van der Waals surface area contributed by atoms with Crippen LogP contribution in [0.5, 0.6) is 0 Å². The largest absolute Gasteiger partial charge is 0.481 e. The van der Waals surface area contributed by atoms with Gasteiger partial charge in [0.25, 0.3) is 0 Å². The number of carboxylic acid groups (broad SMARTS) is 1. The highest BCUT2D eigenvalue weighted by molar-refractivity contribution is 5.86. The van der Waals surface area contributed by atoms with Gasteiger partial charge < -0.3 is 20.5 Å². The molecule has 0 aromatic heterocycles. The van der Waals surface area contributed by atoms with Gasteiger partial charge in [0.05, 0.1) is 6.42 Å². The lowest BCUT2D eigenvalue weighted by molar-refractivity contribution is -0.137. The first-order chi connectivity index (χ1) is 14.4. The summed E-state index contributed by atoms with van der Waals surface area (Å²) in [7, 11) is 0. The van der Waals surface area contributed by atoms with Crippen LogP contribution in [0.1, 0.15) is 43.7 Å². The molecule has 0 spiro atoms. The predicted molar refractivity (Wildman–Crippen MR) is 112 cm³/mol. The van der Waals surface area contributed by atoms with Gasteiger partial charge in [0.2, 0.25) is 5.91 Å². The average molecular weight is 410 g/mol. The standard InChI is InChI=1S/C23H26N2O5/c1-3-20(22(28)24-14(2)12-21(26)27)25-23(29)30-13-19-17-10-6-4-8-15(17)16-9-5-7-11-18(16)19/h4-11,14,19-20H,3,12-13H2,1-2H3,(H,24,28)(H,25,29)(H,26,27)/t14-,20-/m0/s1. The Morgan fingerprint density at radius 3 is 2.10 bits per heavy atom. The number of aliphatic carboxylic acids is 1. The van der Waals surface area contributed by atoms with Gasteiger partial charge in [0.15, 0.2) is 0 Å². The molecule has 7 heteroatoms. The maximum absolute atomic E-state index is 12.4. The molecule has 2 amide bonds. The first-order valence-corrected chi connectivity index (χ1v) is 10.0. The van der Waals surface area contributed by atoms with Crippen LogP contribution >= 0.6 is 0 Å². The molecule has 0 saturated heterocycles. The van der Waals surface area contributed by atoms with Gasteiger partial charge in [-0.2, -0.15) is 0 Å². The number of nitrogens with one attached hydrogen (secondary N) is 2. The number of carbonyl (C=O) groups is 3. The van der Waals surface area contributed by atoms with Crippen molar-refractivity contribution in [1.29, 1.82) is 0 Å². The van der Waals surface area contributed by atoms with Crippen LogP contribution in [0.3, 0.4) is 0 Å². The minimum atomic E-state index is -1.000. The molecule has 158 valence electrons. The zero-order chi connectivity index (χ0) is 21.7. The number of carboxylic acids is 1. The summed E-state index contributed by atoms with van der Waals surface area (Å²) in [6, 6.07) is 14.8. The molecular weight excluding hydrogens is 384 g/mol. The number of alkyl carbamates (subject to hydrolysis) is 1. The molecule has 0 bridgehead atoms. The second-order valence-corrected chi connectivity index (χ2v) is 7.44. The molecule has 0 aliphatic heterocycles. The fourth-order valence-electron chi connectivity index (χ4n) is 3.79. The van der Waals surface area contributed by atoms with Gasteiger partial charge in [0.1, 0.15) is 12.6 Å². The van der Waals surface area contributed by atoms with Crippen LogP contribution in [0.4, 0.5) is 4.79 Å². The van der Waals surface area contributed by atoms with E-state index < -0.39 is 30.1 Å². The second-order valence-electron chi connectivity index (χ2n) is 7.44. The van der Waals surface area contributed by atoms with Crippen LogP contribution in [0, 0.1) is 0 Å². The number of carbonyl (C=O) groups excluding carboxylic acids is 2. The van der Waals surface area contributed by atoms with Crippen LogP contribution in [0.15, 0.2) is 48.5 Å². The van der Waals surface area contributed by atoms with Crippen LogP contribution in [-0.2, 0) is 14.3 Å². The van der Waals surface area contributed by atoms with Gasteiger partial charge in [-0.05, 0) is 35.6 Å². The molecule has 2 atom stereocenters. The SMILES string of the molecule is CC[C@H](NC(=O)OCC1c2ccccc2-c2ccccc21)C(=O)N[C@@H](C)CC(=O)O. The molecular formula is C23H26N2O5. The molecule has 3 N–H and O–H groups in total. The van der Waals surface area contributed by atoms with E-state index in [1.807, 2.05) is 36.4 Å². The topological polar surface area (TPSA) is 105 Å². The minimum Gasteiger partial charge on any atom is -0.481 e. The highest BCUT2D eigenvalue weighted by Gasteiger charge is 2.29. The Kier molecular flexibility index (Phi) is 6.72. The van der Waals surface area contributed by atoms with Crippen LogP contribution < -0.4 is 10.6 Å². The zero-order valence-electron chi connectivity index (χ0n) is 17.1. The molecule has 2 aromatic rings. The van der Waals surface area contributed by atoms with Gasteiger partial charge >= 0.3 is 12.1 Å². The van der Waals surface area contributed by atoms with Crippen molar-refractivity contribution in [2.75, 3.05) is 6.61 Å². The Balaban J connectivity index is 1.60. The van der Waals surface area contributed by atoms with Crippen LogP contribution in [0.2, 0.25) is 0 Å². The van der Waals surface area contributed by atoms with Gasteiger partial charge in [0, 0.05) is 12.0 Å². The number of benzene rings is 2. The van der Waals surface area contributed by atoms with Crippen molar-refractivity contribution in [2.45, 2.75) is 44.7 Å². The van der Waals surface area contributed by atoms with Crippen molar-refractivity contribution >= 4 is 18.0 Å². The lowest BCUT2D eigenvalue weighted by Gasteiger charge is -2.20. The summed E-state index contributed by atoms with van der Waals surface area (Å²) in [5.74, 6) is -1.49. The summed E-state index contributed by atoms with van der Waals surface area (Å²) < 4.78 is 5.47. The van der Waals surface area contributed by atoms with Gasteiger partial charge in [-0.1, -0.05) is 55.5 Å². The first kappa shape index (κ1) is 21.4. The fourth-order valence-corrected chi connectivity index (χ4v) is 3.79. The average Bonchev–Trinajstić information content (AvgIpc) is 3.03. The van der Waals surface area contributed by atoms with E-state index in [-0.39, 0.29) is 18.9 Å². The third-order valence-electron chi connectivity index (χ3n) is 5.23. The predicted octanol–water partition coefficient (Wildman–Crippen LogP) is 3.28. The van der Waals surface area contributed by atoms with Crippen molar-refractivity contribution in [1.82, 2.24) is 10.6 Å². The summed E-state index contributed by atoms with van der Waals surface area (Å²) in [5, 5.41) is 14.0. The zero-order valence-corrected chi connectivity index (χ0v) is 17.1. The number of rotatable bonds is 8. The fraction of sp³-hybridized carbons (Fsp3) is 0.348. The normalized spacial score (nSPS) is 14.2. The molecule has 1 aliphatic rings. The van der Waals surface area contributed by atoms with Crippen LogP contribution in [0.25, 0.3) is 11.1 Å². The van der Waals surface area contributed by atoms with E-state index in [0.29, 0.717) is 6.42 Å². The van der Waals surface area contributed by atoms with Crippen molar-refractivity contribution in [2.24, 2.45) is 0 Å². The molecule has 7 nitrogen and oxygen atoms in total. The maximum atomic E-state index is 12.4. The lowest BCUT2D eigenvalue weighted by atomic mass is 9.98. The third-order valence-corrected chi connectivity index (χ3v) is 5.23. The van der Waals surface area contributed by atoms with Gasteiger partial charge in [-0.25, -0.2) is 4.79 Å². The molecule has 2 aromatic carbocycles. The quantitative estimate of drug-likeness (QED) is 0.619. The van der Waals surface area contributed by atoms with Crippen molar-refractivity contribution < 1.29 is 24.2 Å². The van der Waals surface area contributed by atoms with E-state index in [4.69, 9.17) is 9.84 Å². The third kappa shape index (κ3) is 4.79. The van der Waals surface area contributed by atoms with E-state index in [1.54, 1.807) is 13.8 Å². The Morgan fingerprint density at radius 2 is 1.57 bits per heavy atom. The van der Waals surface area contributed by atoms with E-state index >= 15 is 0 Å². The molecule has 3 rings (SSSR count). The summed E-state index contributed by atoms with van der Waals surface area (Å²) >= 11 is 0. The number of amides is 2. The number of hydrogen-bond donors (Lipinski definition) is 3. The number of fused-ring (bicyclic) bond motifs is 3. The van der Waals surface area contributed by atoms with Crippen LogP contribution in [-0.4, -0.2) is 41.8 Å². The van der Waals surface area contributed by atoms with E-state index in [2.05, 4.69) is 22.8 Å².